The third-order valence-electron chi connectivity index (χ3n) is 2.94. The zero-order valence-electron chi connectivity index (χ0n) is 10.8. The Morgan fingerprint density at radius 2 is 1.74 bits per heavy atom. The molecule has 0 N–H and O–H groups in total. The van der Waals surface area contributed by atoms with Gasteiger partial charge < -0.3 is 4.74 Å². The second-order valence-corrected chi connectivity index (χ2v) is 8.52. The molecule has 0 aliphatic heterocycles. The number of aryl methyl sites for hydroxylation is 2. The normalized spacial score (nSPS) is 12.5. The van der Waals surface area contributed by atoms with E-state index in [-0.39, 0.29) is 5.38 Å². The highest BCUT2D eigenvalue weighted by atomic mass is 79.9. The maximum atomic E-state index is 6.60. The molecule has 1 unspecified atom stereocenters. The van der Waals surface area contributed by atoms with Crippen molar-refractivity contribution in [2.45, 2.75) is 19.2 Å². The number of benzene rings is 1. The van der Waals surface area contributed by atoms with Gasteiger partial charge in [0.2, 0.25) is 0 Å². The smallest absolute Gasteiger partial charge is 0.124 e. The highest BCUT2D eigenvalue weighted by Crippen LogP contribution is 2.42. The van der Waals surface area contributed by atoms with Crippen molar-refractivity contribution in [3.05, 3.63) is 48.0 Å². The summed E-state index contributed by atoms with van der Waals surface area (Å²) in [6.45, 7) is 4.08. The predicted octanol–water partition coefficient (Wildman–Crippen LogP) is 6.23. The molecular weight excluding hydrogens is 411 g/mol. The summed E-state index contributed by atoms with van der Waals surface area (Å²) in [7, 11) is 1.69. The Bertz CT molecular complexity index is 586. The Morgan fingerprint density at radius 1 is 1.16 bits per heavy atom. The zero-order chi connectivity index (χ0) is 14.2. The fourth-order valence-corrected chi connectivity index (χ4v) is 5.55. The summed E-state index contributed by atoms with van der Waals surface area (Å²) in [6.07, 6.45) is 0. The highest BCUT2D eigenvalue weighted by molar-refractivity contribution is 9.12. The average molecular weight is 425 g/mol. The van der Waals surface area contributed by atoms with E-state index in [1.807, 2.05) is 13.8 Å². The van der Waals surface area contributed by atoms with E-state index in [0.29, 0.717) is 0 Å². The van der Waals surface area contributed by atoms with Crippen LogP contribution in [0.5, 0.6) is 5.75 Å². The Kier molecular flexibility index (Phi) is 4.99. The summed E-state index contributed by atoms with van der Waals surface area (Å²) in [4.78, 5) is 0. The molecule has 1 aromatic heterocycles. The molecular formula is C14H13Br2ClOS. The van der Waals surface area contributed by atoms with Crippen molar-refractivity contribution >= 4 is 54.8 Å². The lowest BCUT2D eigenvalue weighted by Gasteiger charge is -2.15. The molecule has 2 rings (SSSR count). The lowest BCUT2D eigenvalue weighted by molar-refractivity contribution is 0.408. The summed E-state index contributed by atoms with van der Waals surface area (Å²) in [5.74, 6) is 0.929. The van der Waals surface area contributed by atoms with Crippen molar-refractivity contribution in [1.82, 2.24) is 0 Å². The van der Waals surface area contributed by atoms with E-state index in [4.69, 9.17) is 16.3 Å². The third-order valence-corrected chi connectivity index (χ3v) is 5.81. The van der Waals surface area contributed by atoms with E-state index >= 15 is 0 Å². The van der Waals surface area contributed by atoms with Crippen LogP contribution in [0.15, 0.2) is 25.8 Å². The molecule has 2 aromatic rings. The van der Waals surface area contributed by atoms with Gasteiger partial charge in [0.1, 0.15) is 5.75 Å². The number of thiophene rings is 1. The minimum absolute atomic E-state index is 0.166. The lowest BCUT2D eigenvalue weighted by atomic mass is 10.0. The van der Waals surface area contributed by atoms with Crippen LogP contribution >= 0.6 is 54.8 Å². The summed E-state index contributed by atoms with van der Waals surface area (Å²) in [5, 5.41) is -0.166. The fraction of sp³-hybridized carbons (Fsp3) is 0.286. The number of hydrogen-bond acceptors (Lipinski definition) is 2. The second kappa shape index (κ2) is 6.17. The summed E-state index contributed by atoms with van der Waals surface area (Å²) >= 11 is 15.3. The fourth-order valence-electron chi connectivity index (χ4n) is 2.16. The number of hydrogen-bond donors (Lipinski definition) is 0. The van der Waals surface area contributed by atoms with Crippen LogP contribution < -0.4 is 4.74 Å². The van der Waals surface area contributed by atoms with Crippen LogP contribution in [0.2, 0.25) is 0 Å². The summed E-state index contributed by atoms with van der Waals surface area (Å²) in [5.41, 5.74) is 4.38. The molecule has 0 amide bonds. The molecule has 0 radical (unpaired) electrons. The molecule has 1 nitrogen and oxygen atoms in total. The number of rotatable bonds is 3. The van der Waals surface area contributed by atoms with E-state index in [0.717, 1.165) is 35.6 Å². The highest BCUT2D eigenvalue weighted by Gasteiger charge is 2.18. The standard InChI is InChI=1S/C14H13Br2ClOS/c1-7-4-9(5-8(2)13(7)18-3)12(17)10-6-11(15)19-14(10)16/h4-6,12H,1-3H3. The van der Waals surface area contributed by atoms with Crippen LogP contribution in [0.3, 0.4) is 0 Å². The molecule has 19 heavy (non-hydrogen) atoms. The lowest BCUT2D eigenvalue weighted by Crippen LogP contribution is -1.97. The molecule has 5 heteroatoms. The molecule has 1 heterocycles. The van der Waals surface area contributed by atoms with E-state index in [9.17, 15) is 0 Å². The predicted molar refractivity (Wildman–Crippen MR) is 89.9 cm³/mol. The van der Waals surface area contributed by atoms with Crippen molar-refractivity contribution < 1.29 is 4.74 Å². The Labute approximate surface area is 139 Å². The first kappa shape index (κ1) is 15.4. The minimum Gasteiger partial charge on any atom is -0.496 e. The first-order valence-electron chi connectivity index (χ1n) is 5.68. The SMILES string of the molecule is COc1c(C)cc(C(Cl)c2cc(Br)sc2Br)cc1C. The number of ether oxygens (including phenoxy) is 1. The average Bonchev–Trinajstić information content (AvgIpc) is 2.67. The third kappa shape index (κ3) is 3.18. The van der Waals surface area contributed by atoms with Gasteiger partial charge in [-0.1, -0.05) is 12.1 Å². The maximum Gasteiger partial charge on any atom is 0.124 e. The van der Waals surface area contributed by atoms with Crippen molar-refractivity contribution in [2.75, 3.05) is 7.11 Å². The molecule has 0 spiro atoms. The van der Waals surface area contributed by atoms with Gasteiger partial charge in [-0.15, -0.1) is 22.9 Å². The largest absolute Gasteiger partial charge is 0.496 e. The summed E-state index contributed by atoms with van der Waals surface area (Å²) in [6, 6.07) is 6.23. The molecule has 1 atom stereocenters. The van der Waals surface area contributed by atoms with Crippen molar-refractivity contribution in [3.8, 4) is 5.75 Å². The molecule has 0 saturated carbocycles. The topological polar surface area (TPSA) is 9.23 Å². The monoisotopic (exact) mass is 422 g/mol. The number of alkyl halides is 1. The van der Waals surface area contributed by atoms with E-state index in [2.05, 4.69) is 50.1 Å². The van der Waals surface area contributed by atoms with E-state index in [1.165, 1.54) is 0 Å². The van der Waals surface area contributed by atoms with Gasteiger partial charge in [-0.25, -0.2) is 0 Å². The number of halogens is 3. The molecule has 0 saturated heterocycles. The van der Waals surface area contributed by atoms with E-state index < -0.39 is 0 Å². The molecule has 0 aliphatic rings. The van der Waals surface area contributed by atoms with Gasteiger partial charge in [0.15, 0.2) is 0 Å². The molecule has 0 fully saturated rings. The van der Waals surface area contributed by atoms with Crippen LogP contribution in [0.1, 0.15) is 27.6 Å². The van der Waals surface area contributed by atoms with Gasteiger partial charge >= 0.3 is 0 Å². The van der Waals surface area contributed by atoms with Gasteiger partial charge in [-0.2, -0.15) is 0 Å². The quantitative estimate of drug-likeness (QED) is 0.531. The zero-order valence-corrected chi connectivity index (χ0v) is 15.5. The minimum atomic E-state index is -0.166. The van der Waals surface area contributed by atoms with Gasteiger partial charge in [0.25, 0.3) is 0 Å². The van der Waals surface area contributed by atoms with Crippen LogP contribution in [-0.2, 0) is 0 Å². The molecule has 1 aromatic carbocycles. The Hall–Kier alpha value is -0.0300. The van der Waals surface area contributed by atoms with Crippen LogP contribution in [0, 0.1) is 13.8 Å². The maximum absolute atomic E-state index is 6.60. The van der Waals surface area contributed by atoms with Crippen molar-refractivity contribution in [2.24, 2.45) is 0 Å². The van der Waals surface area contributed by atoms with Crippen LogP contribution in [0.25, 0.3) is 0 Å². The number of methoxy groups -OCH3 is 1. The Morgan fingerprint density at radius 3 is 2.16 bits per heavy atom. The van der Waals surface area contributed by atoms with Crippen molar-refractivity contribution in [1.29, 1.82) is 0 Å². The molecule has 102 valence electrons. The van der Waals surface area contributed by atoms with Gasteiger partial charge in [0.05, 0.1) is 20.1 Å². The molecule has 0 bridgehead atoms. The first-order valence-corrected chi connectivity index (χ1v) is 8.52. The van der Waals surface area contributed by atoms with Gasteiger partial charge in [-0.05, 0) is 68.5 Å². The van der Waals surface area contributed by atoms with Crippen LogP contribution in [0.4, 0.5) is 0 Å². The first-order chi connectivity index (χ1) is 8.93. The van der Waals surface area contributed by atoms with Gasteiger partial charge in [0, 0.05) is 5.56 Å². The van der Waals surface area contributed by atoms with Gasteiger partial charge in [-0.3, -0.25) is 0 Å². The second-order valence-electron chi connectivity index (χ2n) is 4.33. The molecule has 0 aliphatic carbocycles. The van der Waals surface area contributed by atoms with E-state index in [1.54, 1.807) is 18.4 Å². The van der Waals surface area contributed by atoms with Crippen molar-refractivity contribution in [3.63, 3.8) is 0 Å². The Balaban J connectivity index is 2.45. The van der Waals surface area contributed by atoms with Crippen LogP contribution in [-0.4, -0.2) is 7.11 Å². The summed E-state index contributed by atoms with van der Waals surface area (Å²) < 4.78 is 7.52.